The molecular weight excluding hydrogens is 280 g/mol. The maximum Gasteiger partial charge on any atom is 0.324 e. The van der Waals surface area contributed by atoms with Gasteiger partial charge in [-0.15, -0.1) is 0 Å². The Balaban J connectivity index is 2.02. The van der Waals surface area contributed by atoms with Gasteiger partial charge in [0, 0.05) is 11.9 Å². The van der Waals surface area contributed by atoms with E-state index in [-0.39, 0.29) is 4.90 Å². The van der Waals surface area contributed by atoms with Gasteiger partial charge >= 0.3 is 6.03 Å². The van der Waals surface area contributed by atoms with Crippen LogP contribution in [0.3, 0.4) is 0 Å². The molecule has 0 unspecified atom stereocenters. The minimum Gasteiger partial charge on any atom is -0.308 e. The third-order valence-corrected chi connectivity index (χ3v) is 3.28. The van der Waals surface area contributed by atoms with Gasteiger partial charge in [-0.2, -0.15) is 0 Å². The van der Waals surface area contributed by atoms with Gasteiger partial charge in [-0.1, -0.05) is 6.07 Å². The SMILES string of the molecule is NS(=O)(=O)c1ccc(NC(=O)Nc2ccccn2)cc1. The van der Waals surface area contributed by atoms with E-state index in [1.165, 1.54) is 24.3 Å². The zero-order valence-corrected chi connectivity index (χ0v) is 11.1. The first-order valence-corrected chi connectivity index (χ1v) is 7.12. The fraction of sp³-hybridized carbons (Fsp3) is 0. The summed E-state index contributed by atoms with van der Waals surface area (Å²) in [6.45, 7) is 0. The Hall–Kier alpha value is -2.45. The largest absolute Gasteiger partial charge is 0.324 e. The van der Waals surface area contributed by atoms with Gasteiger partial charge in [0.05, 0.1) is 4.90 Å². The van der Waals surface area contributed by atoms with Crippen LogP contribution >= 0.6 is 0 Å². The Labute approximate surface area is 115 Å². The minimum absolute atomic E-state index is 0.0202. The van der Waals surface area contributed by atoms with E-state index in [2.05, 4.69) is 15.6 Å². The maximum absolute atomic E-state index is 11.7. The van der Waals surface area contributed by atoms with E-state index in [0.29, 0.717) is 11.5 Å². The molecule has 0 bridgehead atoms. The molecule has 0 saturated carbocycles. The monoisotopic (exact) mass is 292 g/mol. The fourth-order valence-corrected chi connectivity index (χ4v) is 1.96. The molecule has 0 aliphatic heterocycles. The van der Waals surface area contributed by atoms with Crippen LogP contribution in [0.4, 0.5) is 16.3 Å². The number of benzene rings is 1. The summed E-state index contributed by atoms with van der Waals surface area (Å²) >= 11 is 0. The van der Waals surface area contributed by atoms with Crippen molar-refractivity contribution in [1.82, 2.24) is 4.98 Å². The summed E-state index contributed by atoms with van der Waals surface area (Å²) in [6, 6.07) is 10.1. The van der Waals surface area contributed by atoms with Crippen LogP contribution in [0.1, 0.15) is 0 Å². The molecule has 104 valence electrons. The maximum atomic E-state index is 11.7. The number of nitrogens with one attached hydrogen (secondary N) is 2. The lowest BCUT2D eigenvalue weighted by molar-refractivity contribution is 0.262. The van der Waals surface area contributed by atoms with Crippen molar-refractivity contribution in [3.05, 3.63) is 48.7 Å². The van der Waals surface area contributed by atoms with E-state index in [4.69, 9.17) is 5.14 Å². The summed E-state index contributed by atoms with van der Waals surface area (Å²) in [6.07, 6.45) is 1.55. The summed E-state index contributed by atoms with van der Waals surface area (Å²) in [7, 11) is -3.73. The number of carbonyl (C=O) groups excluding carboxylic acids is 1. The van der Waals surface area contributed by atoms with Crippen molar-refractivity contribution in [1.29, 1.82) is 0 Å². The smallest absolute Gasteiger partial charge is 0.308 e. The lowest BCUT2D eigenvalue weighted by Gasteiger charge is -2.07. The van der Waals surface area contributed by atoms with E-state index < -0.39 is 16.1 Å². The summed E-state index contributed by atoms with van der Waals surface area (Å²) in [5.41, 5.74) is 0.436. The first-order chi connectivity index (χ1) is 9.45. The highest BCUT2D eigenvalue weighted by Crippen LogP contribution is 2.13. The van der Waals surface area contributed by atoms with Crippen molar-refractivity contribution in [2.45, 2.75) is 4.90 Å². The van der Waals surface area contributed by atoms with Crippen LogP contribution in [0.5, 0.6) is 0 Å². The van der Waals surface area contributed by atoms with Crippen LogP contribution in [0, 0.1) is 0 Å². The number of amides is 2. The number of carbonyl (C=O) groups is 1. The zero-order chi connectivity index (χ0) is 14.6. The number of urea groups is 1. The summed E-state index contributed by atoms with van der Waals surface area (Å²) in [5, 5.41) is 10.0. The molecule has 7 nitrogen and oxygen atoms in total. The van der Waals surface area contributed by atoms with Crippen molar-refractivity contribution in [3.8, 4) is 0 Å². The highest BCUT2D eigenvalue weighted by molar-refractivity contribution is 7.89. The molecule has 0 fully saturated rings. The molecule has 0 radical (unpaired) electrons. The number of hydrogen-bond donors (Lipinski definition) is 3. The summed E-state index contributed by atoms with van der Waals surface area (Å²) < 4.78 is 22.2. The lowest BCUT2D eigenvalue weighted by atomic mass is 10.3. The summed E-state index contributed by atoms with van der Waals surface area (Å²) in [4.78, 5) is 15.6. The molecule has 2 aromatic rings. The van der Waals surface area contributed by atoms with Gasteiger partial charge < -0.3 is 5.32 Å². The van der Waals surface area contributed by atoms with Gasteiger partial charge in [0.25, 0.3) is 0 Å². The van der Waals surface area contributed by atoms with Crippen molar-refractivity contribution >= 4 is 27.6 Å². The molecule has 0 saturated heterocycles. The number of aromatic nitrogens is 1. The number of anilines is 2. The second-order valence-corrected chi connectivity index (χ2v) is 5.42. The molecule has 1 heterocycles. The molecule has 1 aromatic carbocycles. The quantitative estimate of drug-likeness (QED) is 0.792. The average molecular weight is 292 g/mol. The van der Waals surface area contributed by atoms with Gasteiger partial charge in [-0.3, -0.25) is 5.32 Å². The Morgan fingerprint density at radius 3 is 2.30 bits per heavy atom. The molecule has 1 aromatic heterocycles. The van der Waals surface area contributed by atoms with E-state index in [9.17, 15) is 13.2 Å². The molecule has 4 N–H and O–H groups in total. The molecule has 0 aliphatic carbocycles. The molecular formula is C12H12N4O3S. The van der Waals surface area contributed by atoms with Gasteiger partial charge in [-0.25, -0.2) is 23.3 Å². The fourth-order valence-electron chi connectivity index (χ4n) is 1.44. The first kappa shape index (κ1) is 14.0. The zero-order valence-electron chi connectivity index (χ0n) is 10.3. The second-order valence-electron chi connectivity index (χ2n) is 3.86. The Morgan fingerprint density at radius 1 is 1.05 bits per heavy atom. The molecule has 0 aliphatic rings. The van der Waals surface area contributed by atoms with E-state index in [1.807, 2.05) is 0 Å². The van der Waals surface area contributed by atoms with E-state index in [0.717, 1.165) is 0 Å². The van der Waals surface area contributed by atoms with Crippen molar-refractivity contribution < 1.29 is 13.2 Å². The lowest BCUT2D eigenvalue weighted by Crippen LogP contribution is -2.20. The molecule has 8 heteroatoms. The number of primary sulfonamides is 1. The Bertz CT molecular complexity index is 699. The normalized spacial score (nSPS) is 10.8. The van der Waals surface area contributed by atoms with Gasteiger partial charge in [-0.05, 0) is 36.4 Å². The predicted octanol–water partition coefficient (Wildman–Crippen LogP) is 1.37. The van der Waals surface area contributed by atoms with E-state index >= 15 is 0 Å². The number of nitrogens with two attached hydrogens (primary N) is 1. The molecule has 2 amide bonds. The van der Waals surface area contributed by atoms with E-state index in [1.54, 1.807) is 24.4 Å². The topological polar surface area (TPSA) is 114 Å². The van der Waals surface area contributed by atoms with Crippen LogP contribution in [0.25, 0.3) is 0 Å². The standard InChI is InChI=1S/C12H12N4O3S/c13-20(18,19)10-6-4-9(5-7-10)15-12(17)16-11-3-1-2-8-14-11/h1-8H,(H2,13,18,19)(H2,14,15,16,17). The van der Waals surface area contributed by atoms with Crippen molar-refractivity contribution in [3.63, 3.8) is 0 Å². The van der Waals surface area contributed by atoms with Gasteiger partial charge in [0.1, 0.15) is 5.82 Å². The van der Waals surface area contributed by atoms with Crippen LogP contribution < -0.4 is 15.8 Å². The number of hydrogen-bond acceptors (Lipinski definition) is 4. The minimum atomic E-state index is -3.73. The Morgan fingerprint density at radius 2 is 1.75 bits per heavy atom. The Kier molecular flexibility index (Phi) is 3.97. The van der Waals surface area contributed by atoms with Crippen molar-refractivity contribution in [2.24, 2.45) is 5.14 Å². The average Bonchev–Trinajstić information content (AvgIpc) is 2.39. The number of rotatable bonds is 3. The molecule has 0 atom stereocenters. The van der Waals surface area contributed by atoms with Gasteiger partial charge in [0.2, 0.25) is 10.0 Å². The first-order valence-electron chi connectivity index (χ1n) is 5.57. The summed E-state index contributed by atoms with van der Waals surface area (Å²) in [5.74, 6) is 0.408. The predicted molar refractivity (Wildman–Crippen MR) is 74.7 cm³/mol. The van der Waals surface area contributed by atoms with Crippen LogP contribution in [0.2, 0.25) is 0 Å². The molecule has 20 heavy (non-hydrogen) atoms. The second kappa shape index (κ2) is 5.68. The van der Waals surface area contributed by atoms with Crippen LogP contribution in [0.15, 0.2) is 53.6 Å². The van der Waals surface area contributed by atoms with Crippen LogP contribution in [-0.4, -0.2) is 19.4 Å². The third kappa shape index (κ3) is 3.77. The number of sulfonamides is 1. The molecule has 0 spiro atoms. The van der Waals surface area contributed by atoms with Crippen LogP contribution in [-0.2, 0) is 10.0 Å². The highest BCUT2D eigenvalue weighted by Gasteiger charge is 2.08. The third-order valence-electron chi connectivity index (χ3n) is 2.35. The molecule has 2 rings (SSSR count). The number of pyridine rings is 1. The van der Waals surface area contributed by atoms with Gasteiger partial charge in [0.15, 0.2) is 0 Å². The highest BCUT2D eigenvalue weighted by atomic mass is 32.2. The number of nitrogens with zero attached hydrogens (tertiary/aromatic N) is 1. The van der Waals surface area contributed by atoms with Crippen molar-refractivity contribution in [2.75, 3.05) is 10.6 Å².